The second kappa shape index (κ2) is 10.2. The SMILES string of the molecule is CCc1ccc(N(CC(=O)N2CCCCCC2)S(=O)(=O)c2cc(C)ccc2OC)cc1. The van der Waals surface area contributed by atoms with E-state index < -0.39 is 10.0 Å². The summed E-state index contributed by atoms with van der Waals surface area (Å²) in [4.78, 5) is 15.0. The highest BCUT2D eigenvalue weighted by Crippen LogP contribution is 2.31. The van der Waals surface area contributed by atoms with Gasteiger partial charge in [0.15, 0.2) is 0 Å². The Hall–Kier alpha value is -2.54. The molecule has 1 amide bonds. The first kappa shape index (κ1) is 23.1. The summed E-state index contributed by atoms with van der Waals surface area (Å²) >= 11 is 0. The maximum Gasteiger partial charge on any atom is 0.268 e. The number of hydrogen-bond donors (Lipinski definition) is 0. The molecule has 1 fully saturated rings. The highest BCUT2D eigenvalue weighted by atomic mass is 32.2. The molecule has 1 saturated heterocycles. The summed E-state index contributed by atoms with van der Waals surface area (Å²) < 4.78 is 34.1. The van der Waals surface area contributed by atoms with Crippen LogP contribution in [0.2, 0.25) is 0 Å². The molecule has 31 heavy (non-hydrogen) atoms. The molecule has 0 radical (unpaired) electrons. The molecule has 0 spiro atoms. The fourth-order valence-electron chi connectivity index (χ4n) is 3.86. The quantitative estimate of drug-likeness (QED) is 0.643. The fourth-order valence-corrected chi connectivity index (χ4v) is 5.52. The van der Waals surface area contributed by atoms with Crippen LogP contribution in [-0.4, -0.2) is 46.0 Å². The Morgan fingerprint density at radius 3 is 2.26 bits per heavy atom. The minimum absolute atomic E-state index is 0.0678. The lowest BCUT2D eigenvalue weighted by molar-refractivity contribution is -0.129. The average molecular weight is 445 g/mol. The second-order valence-electron chi connectivity index (χ2n) is 7.98. The predicted octanol–water partition coefficient (Wildman–Crippen LogP) is 4.16. The number of benzene rings is 2. The van der Waals surface area contributed by atoms with Crippen LogP contribution in [0.25, 0.3) is 0 Å². The van der Waals surface area contributed by atoms with Crippen molar-refractivity contribution in [1.82, 2.24) is 4.90 Å². The Morgan fingerprint density at radius 1 is 1.03 bits per heavy atom. The molecule has 2 aromatic carbocycles. The zero-order chi connectivity index (χ0) is 22.4. The molecule has 6 nitrogen and oxygen atoms in total. The molecule has 1 heterocycles. The Bertz CT molecular complexity index is 995. The maximum atomic E-state index is 13.8. The van der Waals surface area contributed by atoms with Crippen LogP contribution in [0, 0.1) is 6.92 Å². The van der Waals surface area contributed by atoms with E-state index in [0.717, 1.165) is 43.2 Å². The first-order valence-electron chi connectivity index (χ1n) is 10.9. The van der Waals surface area contributed by atoms with Gasteiger partial charge in [-0.2, -0.15) is 0 Å². The zero-order valence-electron chi connectivity index (χ0n) is 18.6. The van der Waals surface area contributed by atoms with Gasteiger partial charge in [-0.25, -0.2) is 8.42 Å². The van der Waals surface area contributed by atoms with Crippen LogP contribution in [-0.2, 0) is 21.2 Å². The lowest BCUT2D eigenvalue weighted by Crippen LogP contribution is -2.43. The molecule has 0 N–H and O–H groups in total. The number of hydrogen-bond acceptors (Lipinski definition) is 4. The molecule has 0 unspecified atom stereocenters. The standard InChI is InChI=1S/C24H32N2O4S/c1-4-20-10-12-21(13-11-20)26(18-24(27)25-15-7-5-6-8-16-25)31(28,29)23-17-19(2)9-14-22(23)30-3/h9-14,17H,4-8,15-16,18H2,1-3H3. The molecule has 0 aliphatic carbocycles. The van der Waals surface area contributed by atoms with E-state index in [1.54, 1.807) is 35.2 Å². The maximum absolute atomic E-state index is 13.8. The minimum atomic E-state index is -4.02. The molecule has 2 aromatic rings. The molecule has 1 aliphatic heterocycles. The molecule has 0 saturated carbocycles. The number of methoxy groups -OCH3 is 1. The summed E-state index contributed by atoms with van der Waals surface area (Å²) in [5.74, 6) is 0.0969. The first-order chi connectivity index (χ1) is 14.9. The fraction of sp³-hybridized carbons (Fsp3) is 0.458. The third kappa shape index (κ3) is 5.39. The van der Waals surface area contributed by atoms with Crippen LogP contribution < -0.4 is 9.04 Å². The lowest BCUT2D eigenvalue weighted by atomic mass is 10.1. The van der Waals surface area contributed by atoms with Crippen LogP contribution in [0.3, 0.4) is 0 Å². The normalized spacial score (nSPS) is 14.7. The van der Waals surface area contributed by atoms with Crippen LogP contribution >= 0.6 is 0 Å². The Balaban J connectivity index is 2.02. The monoisotopic (exact) mass is 444 g/mol. The number of nitrogens with zero attached hydrogens (tertiary/aromatic N) is 2. The number of sulfonamides is 1. The molecular weight excluding hydrogens is 412 g/mol. The molecular formula is C24H32N2O4S. The van der Waals surface area contributed by atoms with Crippen molar-refractivity contribution >= 4 is 21.6 Å². The molecule has 3 rings (SSSR count). The molecule has 0 aromatic heterocycles. The minimum Gasteiger partial charge on any atom is -0.495 e. The second-order valence-corrected chi connectivity index (χ2v) is 9.81. The summed E-state index contributed by atoms with van der Waals surface area (Å²) in [6, 6.07) is 12.4. The van der Waals surface area contributed by atoms with Gasteiger partial charge in [0.05, 0.1) is 12.8 Å². The molecule has 1 aliphatic rings. The van der Waals surface area contributed by atoms with E-state index in [9.17, 15) is 13.2 Å². The third-order valence-corrected chi connectivity index (χ3v) is 7.55. The van der Waals surface area contributed by atoms with Gasteiger partial charge in [0.2, 0.25) is 5.91 Å². The first-order valence-corrected chi connectivity index (χ1v) is 12.3. The topological polar surface area (TPSA) is 66.9 Å². The summed E-state index contributed by atoms with van der Waals surface area (Å²) in [6.45, 7) is 5.00. The number of likely N-dealkylation sites (tertiary alicyclic amines) is 1. The number of aryl methyl sites for hydroxylation is 2. The van der Waals surface area contributed by atoms with Gasteiger partial charge in [-0.3, -0.25) is 9.10 Å². The van der Waals surface area contributed by atoms with Gasteiger partial charge in [-0.15, -0.1) is 0 Å². The van der Waals surface area contributed by atoms with E-state index in [0.29, 0.717) is 18.8 Å². The summed E-state index contributed by atoms with van der Waals surface area (Å²) in [5.41, 5.74) is 2.39. The molecule has 0 bridgehead atoms. The summed E-state index contributed by atoms with van der Waals surface area (Å²) in [6.07, 6.45) is 4.96. The van der Waals surface area contributed by atoms with Crippen molar-refractivity contribution < 1.29 is 17.9 Å². The van der Waals surface area contributed by atoms with Gasteiger partial charge in [0, 0.05) is 13.1 Å². The Morgan fingerprint density at radius 2 is 1.68 bits per heavy atom. The van der Waals surface area contributed by atoms with Gasteiger partial charge in [0.1, 0.15) is 17.2 Å². The van der Waals surface area contributed by atoms with Crippen molar-refractivity contribution in [2.75, 3.05) is 31.0 Å². The van der Waals surface area contributed by atoms with E-state index in [-0.39, 0.29) is 23.1 Å². The summed E-state index contributed by atoms with van der Waals surface area (Å²) in [5, 5.41) is 0. The molecule has 7 heteroatoms. The highest BCUT2D eigenvalue weighted by Gasteiger charge is 2.31. The molecule has 0 atom stereocenters. The third-order valence-electron chi connectivity index (χ3n) is 5.76. The van der Waals surface area contributed by atoms with Crippen molar-refractivity contribution in [2.45, 2.75) is 50.8 Å². The predicted molar refractivity (Wildman–Crippen MR) is 123 cm³/mol. The number of anilines is 1. The lowest BCUT2D eigenvalue weighted by Gasteiger charge is -2.28. The van der Waals surface area contributed by atoms with Crippen molar-refractivity contribution in [2.24, 2.45) is 0 Å². The van der Waals surface area contributed by atoms with E-state index in [1.807, 2.05) is 26.0 Å². The van der Waals surface area contributed by atoms with E-state index in [4.69, 9.17) is 4.74 Å². The average Bonchev–Trinajstić information content (AvgIpc) is 3.07. The Labute approximate surface area is 185 Å². The number of carbonyl (C=O) groups is 1. The number of ether oxygens (including phenoxy) is 1. The van der Waals surface area contributed by atoms with Crippen LogP contribution in [0.1, 0.15) is 43.7 Å². The van der Waals surface area contributed by atoms with Crippen molar-refractivity contribution in [3.8, 4) is 5.75 Å². The molecule has 168 valence electrons. The number of rotatable bonds is 7. The number of carbonyl (C=O) groups excluding carboxylic acids is 1. The highest BCUT2D eigenvalue weighted by molar-refractivity contribution is 7.93. The van der Waals surface area contributed by atoms with E-state index in [1.165, 1.54) is 11.4 Å². The largest absolute Gasteiger partial charge is 0.495 e. The van der Waals surface area contributed by atoms with Gasteiger partial charge in [0.25, 0.3) is 10.0 Å². The van der Waals surface area contributed by atoms with Gasteiger partial charge >= 0.3 is 0 Å². The van der Waals surface area contributed by atoms with Crippen LogP contribution in [0.4, 0.5) is 5.69 Å². The Kier molecular flexibility index (Phi) is 7.59. The zero-order valence-corrected chi connectivity index (χ0v) is 19.5. The van der Waals surface area contributed by atoms with Crippen molar-refractivity contribution in [3.05, 3.63) is 53.6 Å². The van der Waals surface area contributed by atoms with Crippen LogP contribution in [0.5, 0.6) is 5.75 Å². The van der Waals surface area contributed by atoms with Crippen molar-refractivity contribution in [3.63, 3.8) is 0 Å². The summed E-state index contributed by atoms with van der Waals surface area (Å²) in [7, 11) is -2.57. The van der Waals surface area contributed by atoms with E-state index >= 15 is 0 Å². The van der Waals surface area contributed by atoms with Crippen molar-refractivity contribution in [1.29, 1.82) is 0 Å². The van der Waals surface area contributed by atoms with Gasteiger partial charge in [-0.1, -0.05) is 38.0 Å². The van der Waals surface area contributed by atoms with Gasteiger partial charge in [-0.05, 0) is 61.6 Å². The number of amides is 1. The van der Waals surface area contributed by atoms with E-state index in [2.05, 4.69) is 0 Å². The van der Waals surface area contributed by atoms with Crippen LogP contribution in [0.15, 0.2) is 47.4 Å². The van der Waals surface area contributed by atoms with Gasteiger partial charge < -0.3 is 9.64 Å². The smallest absolute Gasteiger partial charge is 0.268 e.